The number of aromatic hydroxyl groups is 1. The molecule has 15 heteroatoms. The molecule has 0 aromatic heterocycles. The van der Waals surface area contributed by atoms with Gasteiger partial charge in [0.2, 0.25) is 20.0 Å². The third-order valence-corrected chi connectivity index (χ3v) is 10.9. The number of carbonyl (C=O) groups is 2. The smallest absolute Gasteiger partial charge is 0.253 e. The lowest BCUT2D eigenvalue weighted by atomic mass is 10.00. The second-order valence-electron chi connectivity index (χ2n) is 12.2. The van der Waals surface area contributed by atoms with Crippen molar-refractivity contribution in [2.45, 2.75) is 62.8 Å². The van der Waals surface area contributed by atoms with Gasteiger partial charge in [-0.1, -0.05) is 63.2 Å². The molecule has 0 aliphatic rings. The van der Waals surface area contributed by atoms with Crippen molar-refractivity contribution >= 4 is 31.9 Å². The van der Waals surface area contributed by atoms with Gasteiger partial charge in [-0.05, 0) is 60.7 Å². The fraction of sp³-hybridized carbons (Fsp3) is 0.429. The zero-order valence-electron chi connectivity index (χ0n) is 29.2. The van der Waals surface area contributed by atoms with Crippen LogP contribution in [0.5, 0.6) is 5.75 Å². The number of benzene rings is 3. The number of hydrogen-bond acceptors (Lipinski definition) is 9. The summed E-state index contributed by atoms with van der Waals surface area (Å²) >= 11 is 0. The van der Waals surface area contributed by atoms with Gasteiger partial charge in [0.25, 0.3) is 11.8 Å². The maximum absolute atomic E-state index is 13.9. The van der Waals surface area contributed by atoms with Crippen LogP contribution < -0.4 is 10.1 Å². The minimum Gasteiger partial charge on any atom is -0.508 e. The lowest BCUT2D eigenvalue weighted by Gasteiger charge is -2.30. The molecule has 0 heterocycles. The molecule has 0 saturated heterocycles. The third-order valence-electron chi connectivity index (χ3n) is 7.90. The minimum atomic E-state index is -4.06. The number of aliphatic hydroxyl groups is 1. The maximum Gasteiger partial charge on any atom is 0.253 e. The molecule has 0 bridgehead atoms. The van der Waals surface area contributed by atoms with E-state index in [1.807, 2.05) is 13.8 Å². The molecule has 13 nitrogen and oxygen atoms in total. The highest BCUT2D eigenvalue weighted by Gasteiger charge is 2.29. The molecule has 0 aliphatic carbocycles. The molecule has 0 radical (unpaired) electrons. The average molecular weight is 732 g/mol. The topological polar surface area (TPSA) is 177 Å². The normalized spacial score (nSPS) is 13.3. The Morgan fingerprint density at radius 2 is 1.42 bits per heavy atom. The van der Waals surface area contributed by atoms with Crippen LogP contribution in [0.2, 0.25) is 0 Å². The predicted octanol–water partition coefficient (Wildman–Crippen LogP) is 2.96. The summed E-state index contributed by atoms with van der Waals surface area (Å²) in [7, 11) is -5.21. The van der Waals surface area contributed by atoms with Gasteiger partial charge in [0.15, 0.2) is 0 Å². The van der Waals surface area contributed by atoms with Crippen LogP contribution >= 0.6 is 0 Å². The number of carbonyl (C=O) groups excluding carboxylic acids is 2. The van der Waals surface area contributed by atoms with Gasteiger partial charge in [-0.25, -0.2) is 26.1 Å². The average Bonchev–Trinajstić information content (AvgIpc) is 3.07. The van der Waals surface area contributed by atoms with E-state index >= 15 is 0 Å². The van der Waals surface area contributed by atoms with Crippen molar-refractivity contribution in [3.8, 4) is 5.75 Å². The van der Waals surface area contributed by atoms with E-state index in [2.05, 4.69) is 10.1 Å². The number of phenols is 1. The van der Waals surface area contributed by atoms with Crippen LogP contribution in [0.4, 0.5) is 0 Å². The van der Waals surface area contributed by atoms with Crippen molar-refractivity contribution in [2.75, 3.05) is 40.3 Å². The largest absolute Gasteiger partial charge is 0.508 e. The van der Waals surface area contributed by atoms with Gasteiger partial charge >= 0.3 is 0 Å². The summed E-state index contributed by atoms with van der Waals surface area (Å²) in [6.07, 6.45) is 0.113. The molecule has 0 saturated carbocycles. The first kappa shape index (κ1) is 40.6. The number of likely N-dealkylation sites (N-methyl/N-ethyl adjacent to an activating group) is 1. The Balaban J connectivity index is 1.97. The standard InChI is InChI=1S/C35H49N5O8S2/c1-6-18-39(19-7-2)35(44)29-21-28(22-31(23-29)50(47,48)38(4)5)34(43)36-32(20-26-14-16-30(41)17-15-26)33(42)24-40(8-3)37-49(45,46)25-27-12-10-9-11-13-27/h9-17,21-23,32-33,37,41-42H,6-8,18-20,24-25H2,1-5H3,(H,36,43). The first-order valence-electron chi connectivity index (χ1n) is 16.5. The summed E-state index contributed by atoms with van der Waals surface area (Å²) in [5.41, 5.74) is 1.15. The van der Waals surface area contributed by atoms with Crippen molar-refractivity contribution in [1.29, 1.82) is 0 Å². The van der Waals surface area contributed by atoms with Crippen LogP contribution in [-0.2, 0) is 32.2 Å². The molecule has 2 unspecified atom stereocenters. The van der Waals surface area contributed by atoms with Gasteiger partial charge in [-0.15, -0.1) is 4.83 Å². The van der Waals surface area contributed by atoms with Crippen LogP contribution in [0.3, 0.4) is 0 Å². The molecular weight excluding hydrogens is 683 g/mol. The first-order valence-corrected chi connectivity index (χ1v) is 19.6. The van der Waals surface area contributed by atoms with Crippen molar-refractivity contribution in [3.63, 3.8) is 0 Å². The highest BCUT2D eigenvalue weighted by atomic mass is 32.2. The summed E-state index contributed by atoms with van der Waals surface area (Å²) in [5, 5.41) is 25.4. The number of phenolic OH excluding ortho intramolecular Hbond substituents is 1. The van der Waals surface area contributed by atoms with E-state index in [4.69, 9.17) is 0 Å². The first-order chi connectivity index (χ1) is 23.6. The second kappa shape index (κ2) is 18.4. The molecule has 0 aliphatic heterocycles. The number of aliphatic hydroxyl groups excluding tert-OH is 1. The number of hydrogen-bond donors (Lipinski definition) is 4. The monoisotopic (exact) mass is 731 g/mol. The predicted molar refractivity (Wildman–Crippen MR) is 192 cm³/mol. The van der Waals surface area contributed by atoms with Crippen LogP contribution in [0.1, 0.15) is 65.5 Å². The van der Waals surface area contributed by atoms with Crippen molar-refractivity contribution in [3.05, 3.63) is 95.1 Å². The molecule has 3 aromatic carbocycles. The molecule has 4 N–H and O–H groups in total. The van der Waals surface area contributed by atoms with Gasteiger partial charge in [0, 0.05) is 51.4 Å². The molecule has 274 valence electrons. The fourth-order valence-corrected chi connectivity index (χ4v) is 7.54. The van der Waals surface area contributed by atoms with Crippen LogP contribution in [-0.4, -0.2) is 105 Å². The molecule has 0 fully saturated rings. The molecular formula is C35H49N5O8S2. The summed E-state index contributed by atoms with van der Waals surface area (Å²) in [6.45, 7) is 6.43. The van der Waals surface area contributed by atoms with Crippen molar-refractivity contribution in [1.82, 2.24) is 24.4 Å². The van der Waals surface area contributed by atoms with E-state index in [1.165, 1.54) is 49.4 Å². The molecule has 3 aromatic rings. The lowest BCUT2D eigenvalue weighted by Crippen LogP contribution is -2.53. The summed E-state index contributed by atoms with van der Waals surface area (Å²) in [4.78, 5) is 31.4. The van der Waals surface area contributed by atoms with E-state index in [-0.39, 0.29) is 47.0 Å². The van der Waals surface area contributed by atoms with Gasteiger partial charge in [-0.2, -0.15) is 0 Å². The molecule has 50 heavy (non-hydrogen) atoms. The summed E-state index contributed by atoms with van der Waals surface area (Å²) in [6, 6.07) is 17.6. The van der Waals surface area contributed by atoms with Crippen LogP contribution in [0.15, 0.2) is 77.7 Å². The lowest BCUT2D eigenvalue weighted by molar-refractivity contribution is 0.0634. The fourth-order valence-electron chi connectivity index (χ4n) is 5.28. The molecule has 3 rings (SSSR count). The summed E-state index contributed by atoms with van der Waals surface area (Å²) in [5.74, 6) is -1.42. The minimum absolute atomic E-state index is 0.0242. The van der Waals surface area contributed by atoms with E-state index in [0.29, 0.717) is 37.1 Å². The maximum atomic E-state index is 13.9. The SMILES string of the molecule is CCCN(CCC)C(=O)c1cc(C(=O)NC(Cc2ccc(O)cc2)C(O)CN(CC)NS(=O)(=O)Cc2ccccc2)cc(S(=O)(=O)N(C)C)c1. The third kappa shape index (κ3) is 11.6. The number of rotatable bonds is 19. The Morgan fingerprint density at radius 1 is 0.820 bits per heavy atom. The van der Waals surface area contributed by atoms with E-state index in [9.17, 15) is 36.6 Å². The Labute approximate surface area is 296 Å². The van der Waals surface area contributed by atoms with Gasteiger partial charge in [0.1, 0.15) is 5.75 Å². The van der Waals surface area contributed by atoms with Gasteiger partial charge in [-0.3, -0.25) is 9.59 Å². The van der Waals surface area contributed by atoms with Crippen LogP contribution in [0, 0.1) is 0 Å². The van der Waals surface area contributed by atoms with E-state index in [0.717, 1.165) is 4.31 Å². The number of nitrogens with one attached hydrogen (secondary N) is 2. The van der Waals surface area contributed by atoms with Gasteiger partial charge < -0.3 is 20.4 Å². The highest BCUT2D eigenvalue weighted by Crippen LogP contribution is 2.21. The van der Waals surface area contributed by atoms with E-state index in [1.54, 1.807) is 54.3 Å². The number of amides is 2. The quantitative estimate of drug-likeness (QED) is 0.135. The van der Waals surface area contributed by atoms with Gasteiger partial charge in [0.05, 0.1) is 22.8 Å². The zero-order valence-corrected chi connectivity index (χ0v) is 30.9. The Bertz CT molecular complexity index is 1780. The van der Waals surface area contributed by atoms with Crippen molar-refractivity contribution in [2.24, 2.45) is 0 Å². The Morgan fingerprint density at radius 3 is 1.98 bits per heavy atom. The van der Waals surface area contributed by atoms with Crippen molar-refractivity contribution < 1.29 is 36.6 Å². The number of sulfonamides is 2. The van der Waals surface area contributed by atoms with E-state index < -0.39 is 44.0 Å². The highest BCUT2D eigenvalue weighted by molar-refractivity contribution is 7.89. The zero-order chi connectivity index (χ0) is 37.1. The van der Waals surface area contributed by atoms with Crippen LogP contribution in [0.25, 0.3) is 0 Å². The molecule has 2 amide bonds. The Hall–Kier alpha value is -3.86. The molecule has 2 atom stereocenters. The second-order valence-corrected chi connectivity index (χ2v) is 16.1. The summed E-state index contributed by atoms with van der Waals surface area (Å²) < 4.78 is 53.4. The Kier molecular flexibility index (Phi) is 14.9. The molecule has 0 spiro atoms. The number of hydrazine groups is 1. The number of nitrogens with zero attached hydrogens (tertiary/aromatic N) is 3.